The van der Waals surface area contributed by atoms with E-state index in [1.807, 2.05) is 32.2 Å². The van der Waals surface area contributed by atoms with Gasteiger partial charge >= 0.3 is 0 Å². The third-order valence-electron chi connectivity index (χ3n) is 5.75. The minimum Gasteiger partial charge on any atom is -0.381 e. The van der Waals surface area contributed by atoms with Crippen molar-refractivity contribution in [2.24, 2.45) is 5.41 Å². The van der Waals surface area contributed by atoms with Crippen LogP contribution in [0.4, 0.5) is 0 Å². The molecule has 5 heteroatoms. The normalized spacial score (nSPS) is 27.2. The molecule has 2 aliphatic rings. The van der Waals surface area contributed by atoms with Gasteiger partial charge in [-0.3, -0.25) is 4.79 Å². The second-order valence-corrected chi connectivity index (χ2v) is 8.46. The molecule has 1 spiro atoms. The van der Waals surface area contributed by atoms with Crippen molar-refractivity contribution in [1.82, 2.24) is 9.88 Å². The summed E-state index contributed by atoms with van der Waals surface area (Å²) in [6, 6.07) is 5.90. The molecule has 2 fully saturated rings. The molecule has 1 aliphatic heterocycles. The van der Waals surface area contributed by atoms with Gasteiger partial charge in [-0.15, -0.1) is 11.3 Å². The number of ether oxygens (including phenoxy) is 1. The summed E-state index contributed by atoms with van der Waals surface area (Å²) in [5.41, 5.74) is 1.95. The number of hydrogen-bond donors (Lipinski definition) is 0. The zero-order valence-corrected chi connectivity index (χ0v) is 15.2. The highest BCUT2D eigenvalue weighted by molar-refractivity contribution is 7.18. The summed E-state index contributed by atoms with van der Waals surface area (Å²) in [6.07, 6.45) is 6.09. The molecular weight excluding hydrogens is 320 g/mol. The molecule has 2 heterocycles. The van der Waals surface area contributed by atoms with Crippen LogP contribution < -0.4 is 0 Å². The fraction of sp³-hybridized carbons (Fsp3) is 0.579. The molecule has 0 N–H and O–H groups in total. The lowest BCUT2D eigenvalue weighted by Gasteiger charge is -2.43. The molecule has 4 rings (SSSR count). The molecule has 4 nitrogen and oxygen atoms in total. The molecule has 1 amide bonds. The minimum absolute atomic E-state index is 0.156. The number of likely N-dealkylation sites (tertiary alicyclic amines) is 1. The lowest BCUT2D eigenvalue weighted by Crippen LogP contribution is -2.49. The molecule has 1 aliphatic carbocycles. The average Bonchev–Trinajstić information content (AvgIpc) is 3.15. The summed E-state index contributed by atoms with van der Waals surface area (Å²) < 4.78 is 6.85. The van der Waals surface area contributed by atoms with E-state index >= 15 is 0 Å². The Labute approximate surface area is 146 Å². The van der Waals surface area contributed by atoms with Crippen molar-refractivity contribution in [1.29, 1.82) is 0 Å². The topological polar surface area (TPSA) is 42.4 Å². The molecule has 24 heavy (non-hydrogen) atoms. The Kier molecular flexibility index (Phi) is 4.09. The van der Waals surface area contributed by atoms with Gasteiger partial charge in [0.25, 0.3) is 5.91 Å². The summed E-state index contributed by atoms with van der Waals surface area (Å²) in [5.74, 6) is 0.156. The number of amides is 1. The van der Waals surface area contributed by atoms with Crippen molar-refractivity contribution in [2.45, 2.75) is 45.1 Å². The first kappa shape index (κ1) is 16.0. The van der Waals surface area contributed by atoms with Crippen LogP contribution in [0, 0.1) is 12.3 Å². The first-order valence-corrected chi connectivity index (χ1v) is 9.62. The smallest absolute Gasteiger partial charge is 0.253 e. The maximum absolute atomic E-state index is 13.1. The number of fused-ring (bicyclic) bond motifs is 1. The Morgan fingerprint density at radius 3 is 3.04 bits per heavy atom. The number of carbonyl (C=O) groups excluding carboxylic acids is 1. The van der Waals surface area contributed by atoms with Gasteiger partial charge in [0.1, 0.15) is 0 Å². The van der Waals surface area contributed by atoms with Crippen molar-refractivity contribution in [2.75, 3.05) is 20.2 Å². The number of thiazole rings is 1. The molecule has 1 aromatic carbocycles. The number of benzene rings is 1. The van der Waals surface area contributed by atoms with E-state index < -0.39 is 0 Å². The fourth-order valence-electron chi connectivity index (χ4n) is 4.63. The van der Waals surface area contributed by atoms with E-state index in [1.54, 1.807) is 11.3 Å². The molecule has 1 saturated heterocycles. The molecule has 2 atom stereocenters. The maximum atomic E-state index is 13.1. The van der Waals surface area contributed by atoms with E-state index in [9.17, 15) is 4.79 Å². The van der Waals surface area contributed by atoms with Crippen LogP contribution in [0.2, 0.25) is 0 Å². The number of rotatable bonds is 2. The predicted molar refractivity (Wildman–Crippen MR) is 96.6 cm³/mol. The predicted octanol–water partition coefficient (Wildman–Crippen LogP) is 4.03. The third-order valence-corrected chi connectivity index (χ3v) is 6.68. The Morgan fingerprint density at radius 2 is 2.21 bits per heavy atom. The second-order valence-electron chi connectivity index (χ2n) is 7.22. The lowest BCUT2D eigenvalue weighted by molar-refractivity contribution is -0.0295. The standard InChI is InChI=1S/C19H24N2O2S/c1-13-20-15-7-6-14(11-16(15)24-13)18(22)21-10-4-9-19(12-21)8-3-5-17(19)23-2/h6-7,11,17H,3-5,8-10,12H2,1-2H3/t17-,19+/m1/s1. The summed E-state index contributed by atoms with van der Waals surface area (Å²) in [7, 11) is 1.82. The summed E-state index contributed by atoms with van der Waals surface area (Å²) in [5, 5.41) is 1.04. The molecular formula is C19H24N2O2S. The Bertz CT molecular complexity index is 772. The Hall–Kier alpha value is -1.46. The largest absolute Gasteiger partial charge is 0.381 e. The van der Waals surface area contributed by atoms with Crippen LogP contribution in [0.1, 0.15) is 47.5 Å². The first-order chi connectivity index (χ1) is 11.6. The van der Waals surface area contributed by atoms with Gasteiger partial charge in [0.2, 0.25) is 0 Å². The SMILES string of the molecule is CO[C@@H]1CCC[C@@]12CCCN(C(=O)c1ccc3nc(C)sc3c1)C2. The highest BCUT2D eigenvalue weighted by Crippen LogP contribution is 2.46. The summed E-state index contributed by atoms with van der Waals surface area (Å²) >= 11 is 1.65. The van der Waals surface area contributed by atoms with Crippen LogP contribution in [0.3, 0.4) is 0 Å². The third kappa shape index (κ3) is 2.64. The van der Waals surface area contributed by atoms with Gasteiger partial charge in [-0.2, -0.15) is 0 Å². The van der Waals surface area contributed by atoms with Crippen LogP contribution in [0.25, 0.3) is 10.2 Å². The van der Waals surface area contributed by atoms with Crippen molar-refractivity contribution in [3.8, 4) is 0 Å². The van der Waals surface area contributed by atoms with Crippen LogP contribution in [0.15, 0.2) is 18.2 Å². The van der Waals surface area contributed by atoms with E-state index in [1.165, 1.54) is 19.3 Å². The van der Waals surface area contributed by atoms with Crippen LogP contribution in [-0.4, -0.2) is 42.1 Å². The monoisotopic (exact) mass is 344 g/mol. The lowest BCUT2D eigenvalue weighted by atomic mass is 9.76. The maximum Gasteiger partial charge on any atom is 0.253 e. The van der Waals surface area contributed by atoms with E-state index in [-0.39, 0.29) is 11.3 Å². The highest BCUT2D eigenvalue weighted by atomic mass is 32.1. The molecule has 1 saturated carbocycles. The summed E-state index contributed by atoms with van der Waals surface area (Å²) in [4.78, 5) is 19.6. The van der Waals surface area contributed by atoms with Gasteiger partial charge in [-0.05, 0) is 50.8 Å². The van der Waals surface area contributed by atoms with Crippen molar-refractivity contribution >= 4 is 27.5 Å². The fourth-order valence-corrected chi connectivity index (χ4v) is 5.50. The van der Waals surface area contributed by atoms with E-state index in [4.69, 9.17) is 4.74 Å². The number of aromatic nitrogens is 1. The van der Waals surface area contributed by atoms with Gasteiger partial charge in [-0.25, -0.2) is 4.98 Å². The average molecular weight is 344 g/mol. The summed E-state index contributed by atoms with van der Waals surface area (Å²) in [6.45, 7) is 3.70. The number of aryl methyl sites for hydroxylation is 1. The van der Waals surface area contributed by atoms with Gasteiger partial charge in [0.05, 0.1) is 21.3 Å². The van der Waals surface area contributed by atoms with E-state index in [0.29, 0.717) is 6.10 Å². The van der Waals surface area contributed by atoms with E-state index in [2.05, 4.69) is 9.88 Å². The van der Waals surface area contributed by atoms with E-state index in [0.717, 1.165) is 46.7 Å². The molecule has 0 unspecified atom stereocenters. The number of piperidine rings is 1. The Morgan fingerprint density at radius 1 is 1.38 bits per heavy atom. The molecule has 0 bridgehead atoms. The van der Waals surface area contributed by atoms with Crippen molar-refractivity contribution in [3.05, 3.63) is 28.8 Å². The Balaban J connectivity index is 1.58. The molecule has 1 aromatic heterocycles. The van der Waals surface area contributed by atoms with Crippen LogP contribution >= 0.6 is 11.3 Å². The number of carbonyl (C=O) groups is 1. The van der Waals surface area contributed by atoms with Gasteiger partial charge < -0.3 is 9.64 Å². The van der Waals surface area contributed by atoms with Gasteiger partial charge in [0.15, 0.2) is 0 Å². The first-order valence-electron chi connectivity index (χ1n) is 8.81. The molecule has 128 valence electrons. The molecule has 0 radical (unpaired) electrons. The number of nitrogens with zero attached hydrogens (tertiary/aromatic N) is 2. The highest BCUT2D eigenvalue weighted by Gasteiger charge is 2.46. The second kappa shape index (κ2) is 6.12. The quantitative estimate of drug-likeness (QED) is 0.826. The van der Waals surface area contributed by atoms with Crippen LogP contribution in [0.5, 0.6) is 0 Å². The molecule has 2 aromatic rings. The van der Waals surface area contributed by atoms with Crippen molar-refractivity contribution in [3.63, 3.8) is 0 Å². The van der Waals surface area contributed by atoms with Gasteiger partial charge in [0, 0.05) is 31.2 Å². The van der Waals surface area contributed by atoms with Crippen LogP contribution in [-0.2, 0) is 4.74 Å². The zero-order valence-electron chi connectivity index (χ0n) is 14.4. The van der Waals surface area contributed by atoms with Gasteiger partial charge in [-0.1, -0.05) is 6.42 Å². The number of methoxy groups -OCH3 is 1. The number of hydrogen-bond acceptors (Lipinski definition) is 4. The zero-order chi connectivity index (χ0) is 16.7. The van der Waals surface area contributed by atoms with Crippen molar-refractivity contribution < 1.29 is 9.53 Å². The minimum atomic E-state index is 0.156.